The predicted molar refractivity (Wildman–Crippen MR) is 108 cm³/mol. The zero-order chi connectivity index (χ0) is 19.8. The van der Waals surface area contributed by atoms with Crippen molar-refractivity contribution in [2.75, 3.05) is 45.4 Å². The minimum absolute atomic E-state index is 0.174. The predicted octanol–water partition coefficient (Wildman–Crippen LogP) is 2.27. The fraction of sp³-hybridized carbons (Fsp3) is 0.333. The van der Waals surface area contributed by atoms with Crippen LogP contribution in [-0.4, -0.2) is 51.4 Å². The van der Waals surface area contributed by atoms with E-state index < -0.39 is 0 Å². The minimum Gasteiger partial charge on any atom is -0.493 e. The van der Waals surface area contributed by atoms with Crippen molar-refractivity contribution in [1.29, 1.82) is 0 Å². The Bertz CT molecular complexity index is 832. The number of rotatable bonds is 7. The first-order chi connectivity index (χ1) is 13.7. The van der Waals surface area contributed by atoms with Gasteiger partial charge < -0.3 is 24.4 Å². The molecule has 0 atom stereocenters. The number of carbonyl (C=O) groups is 1. The van der Waals surface area contributed by atoms with Gasteiger partial charge in [0.15, 0.2) is 11.5 Å². The second-order valence-corrected chi connectivity index (χ2v) is 6.25. The van der Waals surface area contributed by atoms with Gasteiger partial charge in [0.05, 0.1) is 27.4 Å². The number of ether oxygens (including phenoxy) is 3. The quantitative estimate of drug-likeness (QED) is 0.740. The molecule has 0 spiro atoms. The van der Waals surface area contributed by atoms with Gasteiger partial charge in [-0.05, 0) is 29.8 Å². The Morgan fingerprint density at radius 1 is 1.21 bits per heavy atom. The second-order valence-electron chi connectivity index (χ2n) is 6.25. The molecule has 0 aliphatic carbocycles. The SMILES string of the molecule is COc1ccc(C=CC(=O)NCc2cccnc2N2CCOCC2)cc1OC. The van der Waals surface area contributed by atoms with Gasteiger partial charge in [-0.25, -0.2) is 4.98 Å². The van der Waals surface area contributed by atoms with Gasteiger partial charge in [0, 0.05) is 37.5 Å². The Labute approximate surface area is 164 Å². The van der Waals surface area contributed by atoms with Crippen LogP contribution in [0.4, 0.5) is 5.82 Å². The molecule has 1 amide bonds. The average Bonchev–Trinajstić information content (AvgIpc) is 2.76. The summed E-state index contributed by atoms with van der Waals surface area (Å²) in [7, 11) is 3.17. The maximum atomic E-state index is 12.2. The first-order valence-electron chi connectivity index (χ1n) is 9.16. The lowest BCUT2D eigenvalue weighted by atomic mass is 10.2. The Morgan fingerprint density at radius 3 is 2.75 bits per heavy atom. The largest absolute Gasteiger partial charge is 0.493 e. The number of methoxy groups -OCH3 is 2. The van der Waals surface area contributed by atoms with Crippen molar-refractivity contribution in [2.24, 2.45) is 0 Å². The van der Waals surface area contributed by atoms with Crippen molar-refractivity contribution in [2.45, 2.75) is 6.54 Å². The Kier molecular flexibility index (Phi) is 6.86. The molecule has 1 aromatic heterocycles. The third-order valence-electron chi connectivity index (χ3n) is 4.47. The van der Waals surface area contributed by atoms with Gasteiger partial charge in [-0.1, -0.05) is 12.1 Å². The van der Waals surface area contributed by atoms with Gasteiger partial charge in [0.2, 0.25) is 5.91 Å². The number of benzene rings is 1. The van der Waals surface area contributed by atoms with Crippen molar-refractivity contribution in [3.63, 3.8) is 0 Å². The van der Waals surface area contributed by atoms with E-state index in [1.54, 1.807) is 32.6 Å². The Morgan fingerprint density at radius 2 is 2.00 bits per heavy atom. The molecule has 1 aliphatic heterocycles. The summed E-state index contributed by atoms with van der Waals surface area (Å²) < 4.78 is 15.9. The number of morpholine rings is 1. The maximum Gasteiger partial charge on any atom is 0.244 e. The summed E-state index contributed by atoms with van der Waals surface area (Å²) in [5.41, 5.74) is 1.83. The number of anilines is 1. The molecule has 148 valence electrons. The summed E-state index contributed by atoms with van der Waals surface area (Å²) in [4.78, 5) is 18.9. The van der Waals surface area contributed by atoms with E-state index in [0.717, 1.165) is 30.0 Å². The third-order valence-corrected chi connectivity index (χ3v) is 4.47. The molecule has 0 unspecified atom stereocenters. The zero-order valence-electron chi connectivity index (χ0n) is 16.2. The van der Waals surface area contributed by atoms with Gasteiger partial charge in [0.25, 0.3) is 0 Å². The van der Waals surface area contributed by atoms with Crippen molar-refractivity contribution in [3.8, 4) is 11.5 Å². The summed E-state index contributed by atoms with van der Waals surface area (Å²) in [5.74, 6) is 1.99. The third kappa shape index (κ3) is 5.01. The highest BCUT2D eigenvalue weighted by Crippen LogP contribution is 2.28. The molecule has 7 nitrogen and oxygen atoms in total. The Hall–Kier alpha value is -3.06. The molecular weight excluding hydrogens is 358 g/mol. The smallest absolute Gasteiger partial charge is 0.244 e. The van der Waals surface area contributed by atoms with Crippen LogP contribution in [0, 0.1) is 0 Å². The first-order valence-corrected chi connectivity index (χ1v) is 9.16. The number of nitrogens with zero attached hydrogens (tertiary/aromatic N) is 2. The molecule has 3 rings (SSSR count). The molecule has 7 heteroatoms. The number of nitrogens with one attached hydrogen (secondary N) is 1. The molecule has 28 heavy (non-hydrogen) atoms. The molecule has 2 heterocycles. The summed E-state index contributed by atoms with van der Waals surface area (Å²) in [6.45, 7) is 3.40. The fourth-order valence-corrected chi connectivity index (χ4v) is 3.00. The summed E-state index contributed by atoms with van der Waals surface area (Å²) in [6.07, 6.45) is 5.02. The van der Waals surface area contributed by atoms with E-state index >= 15 is 0 Å². The standard InChI is InChI=1S/C21H25N3O4/c1-26-18-7-5-16(14-19(18)27-2)6-8-20(25)23-15-17-4-3-9-22-21(17)24-10-12-28-13-11-24/h3-9,14H,10-13,15H2,1-2H3,(H,23,25). The van der Waals surface area contributed by atoms with E-state index in [4.69, 9.17) is 14.2 Å². The molecule has 0 radical (unpaired) electrons. The normalized spacial score (nSPS) is 14.1. The van der Waals surface area contributed by atoms with Crippen molar-refractivity contribution >= 4 is 17.8 Å². The molecule has 1 aliphatic rings. The molecule has 2 aromatic rings. The van der Waals surface area contributed by atoms with Crippen LogP contribution in [0.2, 0.25) is 0 Å². The molecular formula is C21H25N3O4. The monoisotopic (exact) mass is 383 g/mol. The number of aromatic nitrogens is 1. The van der Waals surface area contributed by atoms with Gasteiger partial charge in [-0.15, -0.1) is 0 Å². The zero-order valence-corrected chi connectivity index (χ0v) is 16.2. The molecule has 1 fully saturated rings. The highest BCUT2D eigenvalue weighted by Gasteiger charge is 2.15. The minimum atomic E-state index is -0.174. The van der Waals surface area contributed by atoms with Crippen molar-refractivity contribution in [3.05, 3.63) is 53.7 Å². The van der Waals surface area contributed by atoms with E-state index in [9.17, 15) is 4.79 Å². The fourth-order valence-electron chi connectivity index (χ4n) is 3.00. The first kappa shape index (κ1) is 19.7. The maximum absolute atomic E-state index is 12.2. The van der Waals surface area contributed by atoms with E-state index in [1.165, 1.54) is 6.08 Å². The van der Waals surface area contributed by atoms with Gasteiger partial charge in [-0.3, -0.25) is 4.79 Å². The van der Waals surface area contributed by atoms with Crippen LogP contribution in [0.3, 0.4) is 0 Å². The molecule has 1 aromatic carbocycles. The number of carbonyl (C=O) groups excluding carboxylic acids is 1. The number of hydrogen-bond acceptors (Lipinski definition) is 6. The van der Waals surface area contributed by atoms with Crippen LogP contribution in [0.1, 0.15) is 11.1 Å². The van der Waals surface area contributed by atoms with E-state index in [2.05, 4.69) is 15.2 Å². The molecule has 1 N–H and O–H groups in total. The number of pyridine rings is 1. The molecule has 0 bridgehead atoms. The lowest BCUT2D eigenvalue weighted by Crippen LogP contribution is -2.37. The van der Waals surface area contributed by atoms with Gasteiger partial charge >= 0.3 is 0 Å². The van der Waals surface area contributed by atoms with E-state index in [1.807, 2.05) is 24.3 Å². The van der Waals surface area contributed by atoms with Crippen LogP contribution in [0.5, 0.6) is 11.5 Å². The van der Waals surface area contributed by atoms with Crippen molar-refractivity contribution in [1.82, 2.24) is 10.3 Å². The Balaban J connectivity index is 1.61. The van der Waals surface area contributed by atoms with E-state index in [0.29, 0.717) is 31.3 Å². The number of hydrogen-bond donors (Lipinski definition) is 1. The highest BCUT2D eigenvalue weighted by atomic mass is 16.5. The van der Waals surface area contributed by atoms with Crippen LogP contribution in [0.15, 0.2) is 42.6 Å². The summed E-state index contributed by atoms with van der Waals surface area (Å²) in [6, 6.07) is 9.35. The van der Waals surface area contributed by atoms with Gasteiger partial charge in [0.1, 0.15) is 5.82 Å². The van der Waals surface area contributed by atoms with Crippen LogP contribution < -0.4 is 19.7 Å². The average molecular weight is 383 g/mol. The van der Waals surface area contributed by atoms with Crippen LogP contribution in [0.25, 0.3) is 6.08 Å². The lowest BCUT2D eigenvalue weighted by molar-refractivity contribution is -0.116. The highest BCUT2D eigenvalue weighted by molar-refractivity contribution is 5.91. The molecule has 1 saturated heterocycles. The summed E-state index contributed by atoms with van der Waals surface area (Å²) in [5, 5.41) is 2.92. The van der Waals surface area contributed by atoms with Crippen LogP contribution >= 0.6 is 0 Å². The summed E-state index contributed by atoms with van der Waals surface area (Å²) >= 11 is 0. The van der Waals surface area contributed by atoms with E-state index in [-0.39, 0.29) is 5.91 Å². The molecule has 0 saturated carbocycles. The van der Waals surface area contributed by atoms with Crippen LogP contribution in [-0.2, 0) is 16.1 Å². The number of amides is 1. The van der Waals surface area contributed by atoms with Crippen molar-refractivity contribution < 1.29 is 19.0 Å². The topological polar surface area (TPSA) is 72.9 Å². The van der Waals surface area contributed by atoms with Gasteiger partial charge in [-0.2, -0.15) is 0 Å². The second kappa shape index (κ2) is 9.75. The lowest BCUT2D eigenvalue weighted by Gasteiger charge is -2.29.